The molecule has 1 amide bonds. The fourth-order valence-corrected chi connectivity index (χ4v) is 4.69. The van der Waals surface area contributed by atoms with Crippen LogP contribution in [0.2, 0.25) is 0 Å². The van der Waals surface area contributed by atoms with Gasteiger partial charge in [-0.15, -0.1) is 0 Å². The number of hydrogen-bond acceptors (Lipinski definition) is 5. The summed E-state index contributed by atoms with van der Waals surface area (Å²) in [6, 6.07) is 16.3. The van der Waals surface area contributed by atoms with Gasteiger partial charge in [0.15, 0.2) is 5.69 Å². The van der Waals surface area contributed by atoms with Gasteiger partial charge in [0, 0.05) is 25.2 Å². The van der Waals surface area contributed by atoms with Crippen molar-refractivity contribution in [3.63, 3.8) is 0 Å². The van der Waals surface area contributed by atoms with Gasteiger partial charge in [0.05, 0.1) is 5.75 Å². The molecule has 31 heavy (non-hydrogen) atoms. The summed E-state index contributed by atoms with van der Waals surface area (Å²) >= 11 is 0. The van der Waals surface area contributed by atoms with Crippen molar-refractivity contribution < 1.29 is 17.6 Å². The number of piperidine rings is 1. The second-order valence-corrected chi connectivity index (χ2v) is 9.46. The minimum atomic E-state index is -3.44. The third kappa shape index (κ3) is 5.59. The van der Waals surface area contributed by atoms with Crippen LogP contribution >= 0.6 is 0 Å². The third-order valence-electron chi connectivity index (χ3n) is 5.26. The van der Waals surface area contributed by atoms with E-state index in [0.717, 1.165) is 49.0 Å². The van der Waals surface area contributed by atoms with Gasteiger partial charge in [-0.05, 0) is 42.5 Å². The number of rotatable bonds is 7. The Balaban J connectivity index is 1.36. The summed E-state index contributed by atoms with van der Waals surface area (Å²) in [5, 5.41) is 0. The molecule has 0 saturated carbocycles. The molecular weight excluding hydrogens is 414 g/mol. The van der Waals surface area contributed by atoms with Crippen LogP contribution < -0.4 is 4.72 Å². The van der Waals surface area contributed by atoms with Gasteiger partial charge in [-0.2, -0.15) is 0 Å². The Hall–Kier alpha value is -2.97. The molecule has 2 heterocycles. The van der Waals surface area contributed by atoms with Gasteiger partial charge in [0.1, 0.15) is 6.26 Å². The molecule has 7 nitrogen and oxygen atoms in total. The lowest BCUT2D eigenvalue weighted by atomic mass is 10.1. The van der Waals surface area contributed by atoms with E-state index in [4.69, 9.17) is 4.42 Å². The average molecular weight is 440 g/mol. The van der Waals surface area contributed by atoms with Crippen molar-refractivity contribution in [2.24, 2.45) is 0 Å². The molecule has 1 fully saturated rings. The van der Waals surface area contributed by atoms with Crippen LogP contribution in [0.3, 0.4) is 0 Å². The molecule has 2 aromatic carbocycles. The lowest BCUT2D eigenvalue weighted by Gasteiger charge is -2.25. The van der Waals surface area contributed by atoms with Crippen molar-refractivity contribution in [2.75, 3.05) is 13.1 Å². The minimum absolute atomic E-state index is 0.0595. The lowest BCUT2D eigenvalue weighted by molar-refractivity contribution is 0.0718. The smallest absolute Gasteiger partial charge is 0.275 e. The van der Waals surface area contributed by atoms with Crippen LogP contribution in [-0.2, 0) is 22.3 Å². The van der Waals surface area contributed by atoms with Crippen LogP contribution in [0, 0.1) is 0 Å². The molecular formula is C23H25N3O4S. The summed E-state index contributed by atoms with van der Waals surface area (Å²) in [5.41, 5.74) is 2.60. The molecule has 1 aromatic heterocycles. The molecule has 0 radical (unpaired) electrons. The molecule has 0 spiro atoms. The Bertz CT molecular complexity index is 1120. The number of carbonyl (C=O) groups excluding carboxylic acids is 1. The molecule has 0 unspecified atom stereocenters. The highest BCUT2D eigenvalue weighted by Gasteiger charge is 2.21. The van der Waals surface area contributed by atoms with E-state index in [9.17, 15) is 13.2 Å². The third-order valence-corrected chi connectivity index (χ3v) is 6.56. The summed E-state index contributed by atoms with van der Waals surface area (Å²) in [4.78, 5) is 18.7. The van der Waals surface area contributed by atoms with E-state index in [1.165, 1.54) is 6.26 Å². The monoisotopic (exact) mass is 439 g/mol. The molecule has 4 rings (SSSR count). The van der Waals surface area contributed by atoms with E-state index in [0.29, 0.717) is 11.6 Å². The van der Waals surface area contributed by atoms with Crippen LogP contribution in [0.15, 0.2) is 65.3 Å². The number of sulfonamides is 1. The van der Waals surface area contributed by atoms with E-state index in [-0.39, 0.29) is 18.2 Å². The normalized spacial score (nSPS) is 14.5. The maximum atomic E-state index is 12.5. The van der Waals surface area contributed by atoms with E-state index < -0.39 is 10.0 Å². The number of benzene rings is 2. The Morgan fingerprint density at radius 3 is 2.39 bits per heavy atom. The first-order valence-corrected chi connectivity index (χ1v) is 12.0. The standard InChI is InChI=1S/C23H25N3O4S/c27-23(26-13-5-2-6-14-26)21-16-30-22(25-21)20-11-9-18(10-12-20)15-24-31(28,29)17-19-7-3-1-4-8-19/h1,3-4,7-12,16,24H,2,5-6,13-15,17H2. The Morgan fingerprint density at radius 1 is 0.968 bits per heavy atom. The van der Waals surface area contributed by atoms with Gasteiger partial charge in [-0.1, -0.05) is 42.5 Å². The molecule has 3 aromatic rings. The highest BCUT2D eigenvalue weighted by atomic mass is 32.2. The predicted molar refractivity (Wildman–Crippen MR) is 118 cm³/mol. The summed E-state index contributed by atoms with van der Waals surface area (Å²) < 4.78 is 32.7. The zero-order valence-corrected chi connectivity index (χ0v) is 18.0. The number of hydrogen-bond donors (Lipinski definition) is 1. The number of amides is 1. The second-order valence-electron chi connectivity index (χ2n) is 7.65. The Labute approximate surface area is 182 Å². The average Bonchev–Trinajstić information content (AvgIpc) is 3.29. The number of oxazole rings is 1. The first-order chi connectivity index (χ1) is 15.0. The molecule has 1 aliphatic heterocycles. The summed E-state index contributed by atoms with van der Waals surface area (Å²) in [7, 11) is -3.44. The molecule has 0 atom stereocenters. The molecule has 1 saturated heterocycles. The number of nitrogens with one attached hydrogen (secondary N) is 1. The predicted octanol–water partition coefficient (Wildman–Crippen LogP) is 3.59. The van der Waals surface area contributed by atoms with Crippen molar-refractivity contribution in [1.29, 1.82) is 0 Å². The summed E-state index contributed by atoms with van der Waals surface area (Å²) in [6.07, 6.45) is 4.60. The zero-order chi connectivity index (χ0) is 21.7. The van der Waals surface area contributed by atoms with Crippen LogP contribution in [0.4, 0.5) is 0 Å². The topological polar surface area (TPSA) is 92.5 Å². The molecule has 0 bridgehead atoms. The van der Waals surface area contributed by atoms with Crippen LogP contribution in [0.5, 0.6) is 0 Å². The number of aromatic nitrogens is 1. The zero-order valence-electron chi connectivity index (χ0n) is 17.2. The van der Waals surface area contributed by atoms with Crippen molar-refractivity contribution in [3.8, 4) is 11.5 Å². The molecule has 1 N–H and O–H groups in total. The molecule has 0 aliphatic carbocycles. The van der Waals surface area contributed by atoms with Gasteiger partial charge >= 0.3 is 0 Å². The van der Waals surface area contributed by atoms with E-state index >= 15 is 0 Å². The maximum Gasteiger partial charge on any atom is 0.275 e. The van der Waals surface area contributed by atoms with Crippen molar-refractivity contribution in [3.05, 3.63) is 77.7 Å². The van der Waals surface area contributed by atoms with E-state index in [1.54, 1.807) is 12.1 Å². The highest BCUT2D eigenvalue weighted by Crippen LogP contribution is 2.21. The number of likely N-dealkylation sites (tertiary alicyclic amines) is 1. The van der Waals surface area contributed by atoms with Crippen LogP contribution in [-0.4, -0.2) is 37.3 Å². The van der Waals surface area contributed by atoms with Gasteiger partial charge in [0.2, 0.25) is 15.9 Å². The van der Waals surface area contributed by atoms with Crippen LogP contribution in [0.25, 0.3) is 11.5 Å². The largest absolute Gasteiger partial charge is 0.444 e. The summed E-state index contributed by atoms with van der Waals surface area (Å²) in [6.45, 7) is 1.71. The van der Waals surface area contributed by atoms with Gasteiger partial charge in [0.25, 0.3) is 5.91 Å². The van der Waals surface area contributed by atoms with E-state index in [1.807, 2.05) is 47.4 Å². The lowest BCUT2D eigenvalue weighted by Crippen LogP contribution is -2.35. The van der Waals surface area contributed by atoms with Gasteiger partial charge in [-0.25, -0.2) is 18.1 Å². The fourth-order valence-electron chi connectivity index (χ4n) is 3.57. The summed E-state index contributed by atoms with van der Waals surface area (Å²) in [5.74, 6) is 0.214. The molecule has 1 aliphatic rings. The molecule has 162 valence electrons. The van der Waals surface area contributed by atoms with Gasteiger partial charge < -0.3 is 9.32 Å². The van der Waals surface area contributed by atoms with Crippen LogP contribution in [0.1, 0.15) is 40.9 Å². The molecule has 8 heteroatoms. The fraction of sp³-hybridized carbons (Fsp3) is 0.304. The second kappa shape index (κ2) is 9.45. The van der Waals surface area contributed by atoms with Crippen molar-refractivity contribution >= 4 is 15.9 Å². The van der Waals surface area contributed by atoms with Crippen molar-refractivity contribution in [2.45, 2.75) is 31.6 Å². The first-order valence-electron chi connectivity index (χ1n) is 10.4. The van der Waals surface area contributed by atoms with Gasteiger partial charge in [-0.3, -0.25) is 4.79 Å². The van der Waals surface area contributed by atoms with E-state index in [2.05, 4.69) is 9.71 Å². The number of nitrogens with zero attached hydrogens (tertiary/aromatic N) is 2. The Kier molecular flexibility index (Phi) is 6.48. The SMILES string of the molecule is O=C(c1coc(-c2ccc(CNS(=O)(=O)Cc3ccccc3)cc2)n1)N1CCCCC1. The quantitative estimate of drug-likeness (QED) is 0.607. The maximum absolute atomic E-state index is 12.5. The van der Waals surface area contributed by atoms with Crippen molar-refractivity contribution in [1.82, 2.24) is 14.6 Å². The Morgan fingerprint density at radius 2 is 1.68 bits per heavy atom. The first kappa shape index (κ1) is 21.3. The number of carbonyl (C=O) groups is 1. The highest BCUT2D eigenvalue weighted by molar-refractivity contribution is 7.88. The minimum Gasteiger partial charge on any atom is -0.444 e.